The lowest BCUT2D eigenvalue weighted by molar-refractivity contribution is 0.0978. The summed E-state index contributed by atoms with van der Waals surface area (Å²) in [4.78, 5) is 25.3. The molecule has 0 atom stereocenters. The first-order chi connectivity index (χ1) is 9.43. The van der Waals surface area contributed by atoms with Gasteiger partial charge in [0.05, 0.1) is 1.37 Å². The molecule has 0 radical (unpaired) electrons. The number of fused-ring (bicyclic) bond motifs is 2. The Hall–Kier alpha value is -2.22. The van der Waals surface area contributed by atoms with Crippen LogP contribution < -0.4 is 0 Å². The van der Waals surface area contributed by atoms with E-state index in [1.165, 1.54) is 6.07 Å². The van der Waals surface area contributed by atoms with Crippen LogP contribution in [0, 0.1) is 20.8 Å². The second-order valence-corrected chi connectivity index (χ2v) is 4.98. The summed E-state index contributed by atoms with van der Waals surface area (Å²) >= 11 is 0. The molecule has 0 saturated carbocycles. The quantitative estimate of drug-likeness (QED) is 0.614. The van der Waals surface area contributed by atoms with E-state index in [0.29, 0.717) is 28.3 Å². The number of ketones is 2. The third-order valence-electron chi connectivity index (χ3n) is 3.86. The van der Waals surface area contributed by atoms with Gasteiger partial charge in [0.15, 0.2) is 11.6 Å². The minimum absolute atomic E-state index is 0.112. The molecule has 0 bridgehead atoms. The van der Waals surface area contributed by atoms with E-state index in [2.05, 4.69) is 0 Å². The molecular weight excluding hydrogens is 236 g/mol. The lowest BCUT2D eigenvalue weighted by Gasteiger charge is -2.21. The van der Waals surface area contributed by atoms with Crippen LogP contribution in [-0.4, -0.2) is 11.6 Å². The van der Waals surface area contributed by atoms with Crippen molar-refractivity contribution in [3.05, 3.63) is 69.3 Å². The molecule has 0 unspecified atom stereocenters. The van der Waals surface area contributed by atoms with Crippen LogP contribution in [0.15, 0.2) is 30.3 Å². The van der Waals surface area contributed by atoms with Gasteiger partial charge in [0, 0.05) is 22.3 Å². The Kier molecular flexibility index (Phi) is 2.18. The van der Waals surface area contributed by atoms with Gasteiger partial charge in [0.1, 0.15) is 0 Å². The van der Waals surface area contributed by atoms with Gasteiger partial charge in [-0.25, -0.2) is 0 Å². The molecule has 94 valence electrons. The van der Waals surface area contributed by atoms with Crippen LogP contribution in [-0.2, 0) is 0 Å². The van der Waals surface area contributed by atoms with E-state index in [4.69, 9.17) is 1.37 Å². The number of hydrogen-bond donors (Lipinski definition) is 0. The molecule has 2 aromatic rings. The maximum absolute atomic E-state index is 12.7. The fourth-order valence-corrected chi connectivity index (χ4v) is 2.65. The number of carbonyl (C=O) groups excluding carboxylic acids is 2. The first-order valence-corrected chi connectivity index (χ1v) is 6.23. The normalized spacial score (nSPS) is 13.9. The summed E-state index contributed by atoms with van der Waals surface area (Å²) < 4.78 is 7.93. The Morgan fingerprint density at radius 1 is 0.842 bits per heavy atom. The third-order valence-corrected chi connectivity index (χ3v) is 3.86. The second kappa shape index (κ2) is 3.89. The van der Waals surface area contributed by atoms with Gasteiger partial charge in [-0.1, -0.05) is 30.3 Å². The van der Waals surface area contributed by atoms with E-state index < -0.39 is 0 Å². The molecule has 0 amide bonds. The highest BCUT2D eigenvalue weighted by Gasteiger charge is 2.31. The van der Waals surface area contributed by atoms with Gasteiger partial charge < -0.3 is 0 Å². The minimum atomic E-state index is -0.149. The predicted molar refractivity (Wildman–Crippen MR) is 74.0 cm³/mol. The summed E-state index contributed by atoms with van der Waals surface area (Å²) in [5, 5.41) is 0. The molecule has 0 heterocycles. The van der Waals surface area contributed by atoms with E-state index in [9.17, 15) is 9.59 Å². The molecule has 0 saturated heterocycles. The molecular formula is C17H14O2. The molecule has 0 N–H and O–H groups in total. The van der Waals surface area contributed by atoms with Crippen LogP contribution in [0.3, 0.4) is 0 Å². The van der Waals surface area contributed by atoms with Crippen LogP contribution in [0.5, 0.6) is 0 Å². The zero-order valence-electron chi connectivity index (χ0n) is 12.1. The summed E-state index contributed by atoms with van der Waals surface area (Å²) in [6.45, 7) is 5.44. The van der Waals surface area contributed by atoms with Gasteiger partial charge in [-0.3, -0.25) is 9.59 Å². The molecule has 1 aliphatic carbocycles. The molecule has 2 nitrogen and oxygen atoms in total. The monoisotopic (exact) mass is 252 g/mol. The molecule has 19 heavy (non-hydrogen) atoms. The highest BCUT2D eigenvalue weighted by Crippen LogP contribution is 2.31. The van der Waals surface area contributed by atoms with E-state index >= 15 is 0 Å². The van der Waals surface area contributed by atoms with Crippen molar-refractivity contribution in [1.29, 1.82) is 0 Å². The smallest absolute Gasteiger partial charge is 0.194 e. The average molecular weight is 252 g/mol. The zero-order valence-corrected chi connectivity index (χ0v) is 11.1. The summed E-state index contributed by atoms with van der Waals surface area (Å²) in [6, 6.07) is 7.16. The molecule has 0 spiro atoms. The van der Waals surface area contributed by atoms with Crippen molar-refractivity contribution in [2.75, 3.05) is 0 Å². The molecule has 1 aliphatic rings. The number of aryl methyl sites for hydroxylation is 1. The fraction of sp³-hybridized carbons (Fsp3) is 0.176. The Morgan fingerprint density at radius 2 is 1.47 bits per heavy atom. The van der Waals surface area contributed by atoms with Crippen molar-refractivity contribution in [3.63, 3.8) is 0 Å². The summed E-state index contributed by atoms with van der Waals surface area (Å²) in [6.07, 6.45) is 0. The first kappa shape index (κ1) is 10.7. The van der Waals surface area contributed by atoms with Gasteiger partial charge in [-0.15, -0.1) is 0 Å². The Labute approximate surface area is 113 Å². The van der Waals surface area contributed by atoms with Crippen LogP contribution >= 0.6 is 0 Å². The number of benzene rings is 2. The van der Waals surface area contributed by atoms with E-state index in [1.54, 1.807) is 19.1 Å². The lowest BCUT2D eigenvalue weighted by Crippen LogP contribution is -2.23. The predicted octanol–water partition coefficient (Wildman–Crippen LogP) is 3.39. The molecule has 2 aromatic carbocycles. The van der Waals surface area contributed by atoms with Crippen molar-refractivity contribution in [3.8, 4) is 0 Å². The lowest BCUT2D eigenvalue weighted by atomic mass is 9.79. The van der Waals surface area contributed by atoms with E-state index in [0.717, 1.165) is 16.7 Å². The third kappa shape index (κ3) is 1.49. The van der Waals surface area contributed by atoms with Crippen LogP contribution in [0.4, 0.5) is 0 Å². The van der Waals surface area contributed by atoms with Crippen molar-refractivity contribution >= 4 is 11.6 Å². The van der Waals surface area contributed by atoms with Gasteiger partial charge in [0.2, 0.25) is 0 Å². The number of rotatable bonds is 0. The Bertz CT molecular complexity index is 786. The molecule has 3 rings (SSSR count). The Balaban J connectivity index is 2.41. The van der Waals surface area contributed by atoms with Crippen molar-refractivity contribution < 1.29 is 11.0 Å². The largest absolute Gasteiger partial charge is 0.289 e. The molecule has 0 fully saturated rings. The second-order valence-electron chi connectivity index (χ2n) is 4.98. The molecule has 2 heteroatoms. The first-order valence-electron chi connectivity index (χ1n) is 6.73. The highest BCUT2D eigenvalue weighted by atomic mass is 16.1. The van der Waals surface area contributed by atoms with Gasteiger partial charge in [-0.2, -0.15) is 0 Å². The topological polar surface area (TPSA) is 34.1 Å². The highest BCUT2D eigenvalue weighted by molar-refractivity contribution is 6.29. The standard InChI is InChI=1S/C17H14O2/c1-9-7-8-13-15(11(9)3)17(19)12-6-4-5-10(2)14(12)16(13)18/h4-8H,1-3H3/i7T. The average Bonchev–Trinajstić information content (AvgIpc) is 2.41. The van der Waals surface area contributed by atoms with Crippen LogP contribution in [0.2, 0.25) is 0 Å². The fourth-order valence-electron chi connectivity index (χ4n) is 2.65. The zero-order chi connectivity index (χ0) is 14.6. The van der Waals surface area contributed by atoms with Crippen molar-refractivity contribution in [1.82, 2.24) is 0 Å². The van der Waals surface area contributed by atoms with Crippen LogP contribution in [0.1, 0.15) is 49.9 Å². The van der Waals surface area contributed by atoms with Gasteiger partial charge in [-0.05, 0) is 37.5 Å². The number of carbonyl (C=O) groups is 2. The summed E-state index contributed by atoms with van der Waals surface area (Å²) in [5.74, 6) is -0.261. The van der Waals surface area contributed by atoms with Gasteiger partial charge in [0.25, 0.3) is 0 Å². The molecule has 0 aliphatic heterocycles. The van der Waals surface area contributed by atoms with Crippen molar-refractivity contribution in [2.24, 2.45) is 0 Å². The number of hydrogen-bond acceptors (Lipinski definition) is 2. The summed E-state index contributed by atoms with van der Waals surface area (Å²) in [7, 11) is 0. The van der Waals surface area contributed by atoms with Crippen molar-refractivity contribution in [2.45, 2.75) is 20.8 Å². The maximum Gasteiger partial charge on any atom is 0.194 e. The van der Waals surface area contributed by atoms with Crippen LogP contribution in [0.25, 0.3) is 0 Å². The maximum atomic E-state index is 12.7. The SMILES string of the molecule is [3H]c1cc2c(c(C)c1C)C(=O)c1cccc(C)c1C2=O. The minimum Gasteiger partial charge on any atom is -0.289 e. The Morgan fingerprint density at radius 3 is 2.21 bits per heavy atom. The molecule has 0 aromatic heterocycles. The summed E-state index contributed by atoms with van der Waals surface area (Å²) in [5.41, 5.74) is 4.07. The van der Waals surface area contributed by atoms with E-state index in [1.807, 2.05) is 19.9 Å². The van der Waals surface area contributed by atoms with Gasteiger partial charge >= 0.3 is 0 Å². The van der Waals surface area contributed by atoms with E-state index in [-0.39, 0.29) is 11.6 Å².